The molecular formula is C24H36N4O8S2. The van der Waals surface area contributed by atoms with Crippen molar-refractivity contribution in [3.63, 3.8) is 0 Å². The van der Waals surface area contributed by atoms with E-state index in [1.165, 1.54) is 19.1 Å². The first-order valence-electron chi connectivity index (χ1n) is 12.4. The third kappa shape index (κ3) is 8.86. The standard InChI is InChI=1S/C24H36N4O8S2/c1-6-16-21(30)28-20(14(4)5)24(33)36-15-9-7-8-10-37(34)38(35)12-17(22(31)25-16)26-23(32)19(13(2)3)27-18(29)11-15/h6-7,9,13-15,17,19-20H,8,10-12H2,1-5H3,(H,25,31)(H,26,32)(H,27,29)(H,28,30)/b9-7+,16-6-/t15-,17-,19-,20+,37?,38?/m1/s1. The Hall–Kier alpha value is -2.87. The average molecular weight is 573 g/mol. The molecule has 2 aliphatic rings. The lowest BCUT2D eigenvalue weighted by molar-refractivity contribution is -0.153. The number of carbonyl (C=O) groups excluding carboxylic acids is 5. The molecular weight excluding hydrogens is 536 g/mol. The summed E-state index contributed by atoms with van der Waals surface area (Å²) in [5, 5.41) is 10.1. The van der Waals surface area contributed by atoms with Gasteiger partial charge in [0.25, 0.3) is 5.91 Å². The minimum absolute atomic E-state index is 0.0261. The number of hydrogen-bond donors (Lipinski definition) is 4. The fourth-order valence-electron chi connectivity index (χ4n) is 3.68. The molecule has 1 saturated heterocycles. The predicted octanol–water partition coefficient (Wildman–Crippen LogP) is -0.539. The molecule has 2 bridgehead atoms. The quantitative estimate of drug-likeness (QED) is 0.148. The number of fused-ring (bicyclic) bond motifs is 7. The van der Waals surface area contributed by atoms with Crippen LogP contribution in [0.3, 0.4) is 0 Å². The number of carbonyl (C=O) groups is 5. The average Bonchev–Trinajstić information content (AvgIpc) is 2.84. The Balaban J connectivity index is 2.65. The van der Waals surface area contributed by atoms with Crippen molar-refractivity contribution in [3.05, 3.63) is 23.9 Å². The molecule has 38 heavy (non-hydrogen) atoms. The van der Waals surface area contributed by atoms with Crippen LogP contribution in [0.2, 0.25) is 0 Å². The van der Waals surface area contributed by atoms with Crippen molar-refractivity contribution < 1.29 is 37.1 Å². The number of ether oxygens (including phenoxy) is 1. The molecule has 2 rings (SSSR count). The first-order chi connectivity index (χ1) is 17.8. The maximum Gasteiger partial charge on any atom is 0.329 e. The normalized spacial score (nSPS) is 32.6. The lowest BCUT2D eigenvalue weighted by Crippen LogP contribution is -2.58. The zero-order valence-corrected chi connectivity index (χ0v) is 23.7. The predicted molar refractivity (Wildman–Crippen MR) is 142 cm³/mol. The van der Waals surface area contributed by atoms with Gasteiger partial charge in [0.15, 0.2) is 0 Å². The molecule has 0 saturated carbocycles. The molecule has 6 atom stereocenters. The van der Waals surface area contributed by atoms with Crippen molar-refractivity contribution in [2.24, 2.45) is 11.8 Å². The Kier molecular flexibility index (Phi) is 11.8. The highest BCUT2D eigenvalue weighted by molar-refractivity contribution is 8.61. The van der Waals surface area contributed by atoms with Gasteiger partial charge in [-0.05, 0) is 31.3 Å². The van der Waals surface area contributed by atoms with Crippen LogP contribution in [0, 0.1) is 11.8 Å². The Morgan fingerprint density at radius 2 is 1.58 bits per heavy atom. The molecule has 0 aromatic carbocycles. The Morgan fingerprint density at radius 3 is 2.18 bits per heavy atom. The van der Waals surface area contributed by atoms with Crippen molar-refractivity contribution in [3.8, 4) is 0 Å². The first kappa shape index (κ1) is 31.3. The molecule has 0 spiro atoms. The molecule has 12 nitrogen and oxygen atoms in total. The summed E-state index contributed by atoms with van der Waals surface area (Å²) < 4.78 is 31.0. The van der Waals surface area contributed by atoms with Gasteiger partial charge in [0.2, 0.25) is 17.7 Å². The van der Waals surface area contributed by atoms with Crippen LogP contribution in [0.5, 0.6) is 0 Å². The summed E-state index contributed by atoms with van der Waals surface area (Å²) in [6.45, 7) is 8.26. The van der Waals surface area contributed by atoms with Gasteiger partial charge >= 0.3 is 5.97 Å². The van der Waals surface area contributed by atoms with E-state index in [4.69, 9.17) is 4.74 Å². The van der Waals surface area contributed by atoms with E-state index in [0.717, 1.165) is 0 Å². The fraction of sp³-hybridized carbons (Fsp3) is 0.625. The van der Waals surface area contributed by atoms with Crippen LogP contribution in [-0.4, -0.2) is 73.8 Å². The van der Waals surface area contributed by atoms with Crippen molar-refractivity contribution >= 4 is 49.3 Å². The van der Waals surface area contributed by atoms with Gasteiger partial charge in [0.05, 0.1) is 12.2 Å². The van der Waals surface area contributed by atoms with Crippen LogP contribution in [0.4, 0.5) is 0 Å². The molecule has 212 valence electrons. The lowest BCUT2D eigenvalue weighted by Gasteiger charge is -2.27. The Bertz CT molecular complexity index is 1060. The van der Waals surface area contributed by atoms with E-state index >= 15 is 0 Å². The van der Waals surface area contributed by atoms with Gasteiger partial charge < -0.3 is 26.0 Å². The van der Waals surface area contributed by atoms with Gasteiger partial charge in [-0.1, -0.05) is 39.8 Å². The highest BCUT2D eigenvalue weighted by atomic mass is 33.1. The van der Waals surface area contributed by atoms with Gasteiger partial charge in [0, 0.05) is 5.75 Å². The van der Waals surface area contributed by atoms with Crippen LogP contribution in [0.1, 0.15) is 47.5 Å². The summed E-state index contributed by atoms with van der Waals surface area (Å²) in [4.78, 5) is 65.3. The molecule has 2 heterocycles. The van der Waals surface area contributed by atoms with E-state index < -0.39 is 91.1 Å². The number of allylic oxidation sites excluding steroid dienone is 2. The van der Waals surface area contributed by atoms with E-state index in [2.05, 4.69) is 21.3 Å². The van der Waals surface area contributed by atoms with Crippen molar-refractivity contribution in [1.82, 2.24) is 21.3 Å². The monoisotopic (exact) mass is 572 g/mol. The number of rotatable bonds is 2. The summed E-state index contributed by atoms with van der Waals surface area (Å²) in [6, 6.07) is -3.61. The zero-order valence-electron chi connectivity index (χ0n) is 22.1. The summed E-state index contributed by atoms with van der Waals surface area (Å²) in [5.41, 5.74) is -0.207. The summed E-state index contributed by atoms with van der Waals surface area (Å²) >= 11 is 0. The van der Waals surface area contributed by atoms with Gasteiger partial charge in [-0.15, -0.1) is 0 Å². The lowest BCUT2D eigenvalue weighted by atomic mass is 10.0. The molecule has 4 N–H and O–H groups in total. The number of esters is 1. The molecule has 0 aliphatic carbocycles. The molecule has 0 aromatic rings. The molecule has 1 fully saturated rings. The van der Waals surface area contributed by atoms with Crippen LogP contribution < -0.4 is 21.3 Å². The Morgan fingerprint density at radius 1 is 0.921 bits per heavy atom. The van der Waals surface area contributed by atoms with Crippen molar-refractivity contribution in [1.29, 1.82) is 0 Å². The molecule has 0 aromatic heterocycles. The zero-order chi connectivity index (χ0) is 28.6. The van der Waals surface area contributed by atoms with E-state index in [1.807, 2.05) is 0 Å². The molecule has 2 aliphatic heterocycles. The third-order valence-corrected chi connectivity index (χ3v) is 9.60. The molecule has 4 amide bonds. The van der Waals surface area contributed by atoms with Gasteiger partial charge in [-0.25, -0.2) is 13.2 Å². The second-order valence-electron chi connectivity index (χ2n) is 9.61. The highest BCUT2D eigenvalue weighted by Crippen LogP contribution is 2.13. The van der Waals surface area contributed by atoms with Gasteiger partial charge in [0.1, 0.15) is 49.6 Å². The van der Waals surface area contributed by atoms with E-state index in [0.29, 0.717) is 0 Å². The van der Waals surface area contributed by atoms with Crippen molar-refractivity contribution in [2.45, 2.75) is 71.7 Å². The van der Waals surface area contributed by atoms with Crippen LogP contribution in [0.15, 0.2) is 23.9 Å². The smallest absolute Gasteiger partial charge is 0.329 e. The molecule has 2 unspecified atom stereocenters. The maximum absolute atomic E-state index is 13.2. The van der Waals surface area contributed by atoms with Crippen LogP contribution in [-0.2, 0) is 48.4 Å². The SMILES string of the molecule is C/C=C1\NC(=O)[C@H]2CS(=O)S(=O)CC/C=C/[C@H](CC(=O)N[C@H](C(C)C)C(=O)N2)OC(=O)[C@H](C(C)C)NC1=O. The summed E-state index contributed by atoms with van der Waals surface area (Å²) in [6.07, 6.45) is 3.15. The summed E-state index contributed by atoms with van der Waals surface area (Å²) in [7, 11) is -3.90. The van der Waals surface area contributed by atoms with E-state index in [1.54, 1.807) is 33.8 Å². The second kappa shape index (κ2) is 14.3. The van der Waals surface area contributed by atoms with Crippen molar-refractivity contribution in [2.75, 3.05) is 11.5 Å². The largest absolute Gasteiger partial charge is 0.456 e. The van der Waals surface area contributed by atoms with Crippen LogP contribution >= 0.6 is 0 Å². The molecule has 14 heteroatoms. The second-order valence-corrected chi connectivity index (χ2v) is 13.8. The Labute approximate surface area is 226 Å². The minimum Gasteiger partial charge on any atom is -0.456 e. The summed E-state index contributed by atoms with van der Waals surface area (Å²) in [5.74, 6) is -5.08. The topological polar surface area (TPSA) is 177 Å². The van der Waals surface area contributed by atoms with E-state index in [-0.39, 0.29) is 24.3 Å². The third-order valence-electron chi connectivity index (χ3n) is 5.86. The number of nitrogens with one attached hydrogen (secondary N) is 4. The highest BCUT2D eigenvalue weighted by Gasteiger charge is 2.34. The van der Waals surface area contributed by atoms with Gasteiger partial charge in [-0.3, -0.25) is 19.2 Å². The molecule has 0 radical (unpaired) electrons. The number of hydrogen-bond acceptors (Lipinski definition) is 8. The van der Waals surface area contributed by atoms with Gasteiger partial charge in [-0.2, -0.15) is 0 Å². The number of amides is 4. The van der Waals surface area contributed by atoms with Crippen LogP contribution in [0.25, 0.3) is 0 Å². The van der Waals surface area contributed by atoms with E-state index in [9.17, 15) is 32.4 Å². The fourth-order valence-corrected chi connectivity index (χ4v) is 6.56. The maximum atomic E-state index is 13.2. The first-order valence-corrected chi connectivity index (χ1v) is 15.5. The minimum atomic E-state index is -2.03.